The smallest absolute Gasteiger partial charge is 0.230 e. The third-order valence-corrected chi connectivity index (χ3v) is 2.16. The molecule has 1 aromatic rings. The van der Waals surface area contributed by atoms with Crippen LogP contribution in [0.15, 0.2) is 10.7 Å². The minimum Gasteiger partial charge on any atom is -0.230 e. The summed E-state index contributed by atoms with van der Waals surface area (Å²) in [6.45, 7) is 1.52. The lowest BCUT2D eigenvalue weighted by molar-refractivity contribution is 0.149. The van der Waals surface area contributed by atoms with Gasteiger partial charge in [-0.2, -0.15) is 5.26 Å². The molecule has 0 fully saturated rings. The van der Waals surface area contributed by atoms with Gasteiger partial charge in [0, 0.05) is 0 Å². The van der Waals surface area contributed by atoms with Crippen LogP contribution in [0.5, 0.6) is 0 Å². The third-order valence-electron chi connectivity index (χ3n) is 1.55. The Morgan fingerprint density at radius 3 is 2.62 bits per heavy atom. The van der Waals surface area contributed by atoms with Crippen LogP contribution in [-0.4, -0.2) is 4.98 Å². The Kier molecular flexibility index (Phi) is 2.94. The number of nitrogens with zero attached hydrogens (tertiary/aromatic N) is 2. The SMILES string of the molecule is Cc1cc(C#N)nc(Br)c1C(F)F. The van der Waals surface area contributed by atoms with Crippen LogP contribution >= 0.6 is 15.9 Å². The molecule has 0 N–H and O–H groups in total. The highest BCUT2D eigenvalue weighted by Gasteiger charge is 2.16. The molecule has 2 nitrogen and oxygen atoms in total. The first-order valence-electron chi connectivity index (χ1n) is 3.41. The molecule has 5 heteroatoms. The van der Waals surface area contributed by atoms with Crippen LogP contribution in [0.3, 0.4) is 0 Å². The van der Waals surface area contributed by atoms with E-state index < -0.39 is 6.43 Å². The summed E-state index contributed by atoms with van der Waals surface area (Å²) in [6.07, 6.45) is -2.57. The number of hydrogen-bond donors (Lipinski definition) is 0. The molecule has 0 unspecified atom stereocenters. The molecule has 1 heterocycles. The van der Waals surface area contributed by atoms with E-state index in [0.717, 1.165) is 0 Å². The molecule has 0 aromatic carbocycles. The van der Waals surface area contributed by atoms with Crippen LogP contribution in [0.25, 0.3) is 0 Å². The summed E-state index contributed by atoms with van der Waals surface area (Å²) < 4.78 is 24.8. The highest BCUT2D eigenvalue weighted by molar-refractivity contribution is 9.10. The quantitative estimate of drug-likeness (QED) is 0.715. The van der Waals surface area contributed by atoms with E-state index in [9.17, 15) is 8.78 Å². The topological polar surface area (TPSA) is 36.7 Å². The number of aryl methyl sites for hydroxylation is 1. The molecular weight excluding hydrogens is 242 g/mol. The molecular formula is C8H5BrF2N2. The minimum atomic E-state index is -2.57. The van der Waals surface area contributed by atoms with Gasteiger partial charge in [-0.1, -0.05) is 0 Å². The van der Waals surface area contributed by atoms with Crippen molar-refractivity contribution in [3.05, 3.63) is 27.5 Å². The summed E-state index contributed by atoms with van der Waals surface area (Å²) in [5, 5.41) is 8.50. The molecule has 1 aromatic heterocycles. The molecule has 0 radical (unpaired) electrons. The van der Waals surface area contributed by atoms with Gasteiger partial charge in [-0.3, -0.25) is 0 Å². The zero-order valence-electron chi connectivity index (χ0n) is 6.68. The van der Waals surface area contributed by atoms with Crippen molar-refractivity contribution >= 4 is 15.9 Å². The Morgan fingerprint density at radius 2 is 2.23 bits per heavy atom. The maximum atomic E-state index is 12.4. The van der Waals surface area contributed by atoms with Gasteiger partial charge in [0.05, 0.1) is 5.56 Å². The van der Waals surface area contributed by atoms with Gasteiger partial charge >= 0.3 is 0 Å². The van der Waals surface area contributed by atoms with E-state index in [1.54, 1.807) is 6.07 Å². The molecule has 0 bridgehead atoms. The van der Waals surface area contributed by atoms with E-state index in [-0.39, 0.29) is 15.9 Å². The van der Waals surface area contributed by atoms with Crippen LogP contribution in [0.1, 0.15) is 23.2 Å². The average molecular weight is 247 g/mol. The van der Waals surface area contributed by atoms with Crippen molar-refractivity contribution in [3.8, 4) is 6.07 Å². The van der Waals surface area contributed by atoms with E-state index in [2.05, 4.69) is 20.9 Å². The fourth-order valence-corrected chi connectivity index (χ4v) is 1.64. The van der Waals surface area contributed by atoms with Crippen molar-refractivity contribution in [1.29, 1.82) is 5.26 Å². The number of pyridine rings is 1. The fraction of sp³-hybridized carbons (Fsp3) is 0.250. The molecule has 0 amide bonds. The van der Waals surface area contributed by atoms with Gasteiger partial charge in [-0.25, -0.2) is 13.8 Å². The monoisotopic (exact) mass is 246 g/mol. The number of halogens is 3. The van der Waals surface area contributed by atoms with E-state index in [1.165, 1.54) is 13.0 Å². The Labute approximate surface area is 82.3 Å². The lowest BCUT2D eigenvalue weighted by atomic mass is 10.1. The predicted molar refractivity (Wildman–Crippen MR) is 46.3 cm³/mol. The summed E-state index contributed by atoms with van der Waals surface area (Å²) in [5.41, 5.74) is 0.348. The number of aromatic nitrogens is 1. The van der Waals surface area contributed by atoms with Crippen molar-refractivity contribution in [3.63, 3.8) is 0 Å². The standard InChI is InChI=1S/C8H5BrF2N2/c1-4-2-5(3-12)13-7(9)6(4)8(10)11/h2,8H,1H3. The van der Waals surface area contributed by atoms with Crippen molar-refractivity contribution in [2.45, 2.75) is 13.3 Å². The number of alkyl halides is 2. The minimum absolute atomic E-state index is 0.0408. The summed E-state index contributed by atoms with van der Waals surface area (Å²) in [6, 6.07) is 3.13. The molecule has 68 valence electrons. The van der Waals surface area contributed by atoms with Crippen molar-refractivity contribution in [1.82, 2.24) is 4.98 Å². The van der Waals surface area contributed by atoms with Crippen molar-refractivity contribution in [2.24, 2.45) is 0 Å². The van der Waals surface area contributed by atoms with Crippen LogP contribution in [-0.2, 0) is 0 Å². The maximum Gasteiger partial charge on any atom is 0.266 e. The summed E-state index contributed by atoms with van der Waals surface area (Å²) in [7, 11) is 0. The number of rotatable bonds is 1. The van der Waals surface area contributed by atoms with Gasteiger partial charge in [-0.15, -0.1) is 0 Å². The lowest BCUT2D eigenvalue weighted by Crippen LogP contribution is -1.96. The largest absolute Gasteiger partial charge is 0.266 e. The molecule has 13 heavy (non-hydrogen) atoms. The molecule has 0 aliphatic heterocycles. The first-order valence-corrected chi connectivity index (χ1v) is 4.21. The number of hydrogen-bond acceptors (Lipinski definition) is 2. The Balaban J connectivity index is 3.33. The molecule has 0 spiro atoms. The van der Waals surface area contributed by atoms with Crippen molar-refractivity contribution in [2.75, 3.05) is 0 Å². The highest BCUT2D eigenvalue weighted by atomic mass is 79.9. The summed E-state index contributed by atoms with van der Waals surface area (Å²) in [4.78, 5) is 3.65. The second-order valence-corrected chi connectivity index (χ2v) is 3.19. The van der Waals surface area contributed by atoms with E-state index in [1.807, 2.05) is 0 Å². The summed E-state index contributed by atoms with van der Waals surface area (Å²) in [5.74, 6) is 0. The fourth-order valence-electron chi connectivity index (χ4n) is 0.963. The Bertz CT molecular complexity index is 348. The normalized spacial score (nSPS) is 10.2. The average Bonchev–Trinajstić information content (AvgIpc) is 2.02. The second kappa shape index (κ2) is 3.79. The van der Waals surface area contributed by atoms with Crippen LogP contribution < -0.4 is 0 Å². The molecule has 0 saturated carbocycles. The molecule has 0 atom stereocenters. The zero-order chi connectivity index (χ0) is 10.0. The van der Waals surface area contributed by atoms with Gasteiger partial charge in [-0.05, 0) is 34.5 Å². The zero-order valence-corrected chi connectivity index (χ0v) is 8.27. The van der Waals surface area contributed by atoms with Gasteiger partial charge in [0.25, 0.3) is 6.43 Å². The Morgan fingerprint density at radius 1 is 1.62 bits per heavy atom. The van der Waals surface area contributed by atoms with Crippen LogP contribution in [0.2, 0.25) is 0 Å². The van der Waals surface area contributed by atoms with E-state index in [4.69, 9.17) is 5.26 Å². The first kappa shape index (κ1) is 10.1. The van der Waals surface area contributed by atoms with Gasteiger partial charge < -0.3 is 0 Å². The molecule has 1 rings (SSSR count). The van der Waals surface area contributed by atoms with Crippen molar-refractivity contribution < 1.29 is 8.78 Å². The molecule has 0 saturated heterocycles. The van der Waals surface area contributed by atoms with Gasteiger partial charge in [0.15, 0.2) is 0 Å². The lowest BCUT2D eigenvalue weighted by Gasteiger charge is -2.06. The molecule has 0 aliphatic carbocycles. The predicted octanol–water partition coefficient (Wildman–Crippen LogP) is 2.96. The number of nitriles is 1. The highest BCUT2D eigenvalue weighted by Crippen LogP contribution is 2.29. The van der Waals surface area contributed by atoms with E-state index in [0.29, 0.717) is 5.56 Å². The van der Waals surface area contributed by atoms with Gasteiger partial charge in [0.1, 0.15) is 16.4 Å². The van der Waals surface area contributed by atoms with E-state index >= 15 is 0 Å². The third kappa shape index (κ3) is 2.01. The molecule has 0 aliphatic rings. The van der Waals surface area contributed by atoms with Gasteiger partial charge in [0.2, 0.25) is 0 Å². The summed E-state index contributed by atoms with van der Waals surface area (Å²) >= 11 is 2.90. The second-order valence-electron chi connectivity index (χ2n) is 2.44. The van der Waals surface area contributed by atoms with Crippen LogP contribution in [0.4, 0.5) is 8.78 Å². The first-order chi connectivity index (χ1) is 6.06. The van der Waals surface area contributed by atoms with Crippen LogP contribution in [0, 0.1) is 18.3 Å². The Hall–Kier alpha value is -1.02. The maximum absolute atomic E-state index is 12.4.